The Labute approximate surface area is 185 Å². The lowest BCUT2D eigenvalue weighted by Gasteiger charge is -2.20. The molecule has 7 heteroatoms. The molecule has 1 saturated heterocycles. The van der Waals surface area contributed by atoms with Crippen molar-refractivity contribution >= 4 is 22.9 Å². The smallest absolute Gasteiger partial charge is 0.416 e. The number of carbonyl (C=O) groups is 1. The fourth-order valence-corrected chi connectivity index (χ4v) is 3.89. The lowest BCUT2D eigenvalue weighted by molar-refractivity contribution is 0.000223. The van der Waals surface area contributed by atoms with Crippen LogP contribution < -0.4 is 9.64 Å². The molecule has 1 aliphatic heterocycles. The van der Waals surface area contributed by atoms with Crippen LogP contribution in [-0.2, 0) is 16.1 Å². The maximum Gasteiger partial charge on any atom is 0.416 e. The number of amides is 1. The number of ether oxygens (including phenoxy) is 3. The Balaban J connectivity index is 1.33. The van der Waals surface area contributed by atoms with E-state index in [-0.39, 0.29) is 6.10 Å². The first-order chi connectivity index (χ1) is 15.7. The summed E-state index contributed by atoms with van der Waals surface area (Å²) in [6.07, 6.45) is -1.32. The number of carbonyl (C=O) groups excluding carboxylic acids is 1. The Morgan fingerprint density at radius 3 is 2.56 bits per heavy atom. The van der Waals surface area contributed by atoms with Gasteiger partial charge in [0.25, 0.3) is 0 Å². The average molecular weight is 430 g/mol. The maximum atomic E-state index is 12.6. The summed E-state index contributed by atoms with van der Waals surface area (Å²) in [6.45, 7) is 0.755. The number of benzene rings is 3. The molecule has 2 heterocycles. The first kappa shape index (κ1) is 20.1. The number of methoxy groups -OCH3 is 1. The Morgan fingerprint density at radius 2 is 1.81 bits per heavy atom. The van der Waals surface area contributed by atoms with Crippen LogP contribution in [0.15, 0.2) is 83.4 Å². The number of cyclic esters (lactones) is 1. The normalized spacial score (nSPS) is 16.8. The molecular weight excluding hydrogens is 408 g/mol. The van der Waals surface area contributed by atoms with Crippen molar-refractivity contribution in [3.8, 4) is 5.75 Å². The molecule has 0 radical (unpaired) electrons. The quantitative estimate of drug-likeness (QED) is 0.405. The second kappa shape index (κ2) is 8.72. The highest BCUT2D eigenvalue weighted by Gasteiger charge is 2.40. The topological polar surface area (TPSA) is 74.0 Å². The van der Waals surface area contributed by atoms with Gasteiger partial charge in [-0.25, -0.2) is 4.79 Å². The third-order valence-electron chi connectivity index (χ3n) is 5.48. The predicted octanol–water partition coefficient (Wildman–Crippen LogP) is 5.12. The summed E-state index contributed by atoms with van der Waals surface area (Å²) in [4.78, 5) is 14.1. The monoisotopic (exact) mass is 430 g/mol. The van der Waals surface area contributed by atoms with E-state index in [1.165, 1.54) is 4.90 Å². The van der Waals surface area contributed by atoms with Gasteiger partial charge >= 0.3 is 6.09 Å². The summed E-state index contributed by atoms with van der Waals surface area (Å²) in [5.41, 5.74) is 2.55. The molecule has 2 unspecified atom stereocenters. The Kier molecular flexibility index (Phi) is 5.47. The van der Waals surface area contributed by atoms with Crippen LogP contribution >= 0.6 is 0 Å². The van der Waals surface area contributed by atoms with Crippen LogP contribution in [0.3, 0.4) is 0 Å². The van der Waals surface area contributed by atoms with E-state index in [4.69, 9.17) is 18.7 Å². The van der Waals surface area contributed by atoms with Gasteiger partial charge in [-0.15, -0.1) is 0 Å². The summed E-state index contributed by atoms with van der Waals surface area (Å²) >= 11 is 0. The Bertz CT molecular complexity index is 1210. The van der Waals surface area contributed by atoms with Crippen molar-refractivity contribution in [3.05, 3.63) is 90.0 Å². The van der Waals surface area contributed by atoms with Gasteiger partial charge in [0.15, 0.2) is 17.5 Å². The zero-order chi connectivity index (χ0) is 21.9. The molecule has 5 rings (SSSR count). The van der Waals surface area contributed by atoms with Crippen LogP contribution in [0.25, 0.3) is 11.0 Å². The Morgan fingerprint density at radius 1 is 1.06 bits per heavy atom. The molecule has 0 spiro atoms. The molecule has 2 atom stereocenters. The van der Waals surface area contributed by atoms with Gasteiger partial charge in [0.05, 0.1) is 11.9 Å². The van der Waals surface area contributed by atoms with Gasteiger partial charge in [-0.1, -0.05) is 65.8 Å². The molecular formula is C25H22N2O5. The van der Waals surface area contributed by atoms with Gasteiger partial charge < -0.3 is 18.7 Å². The second-order valence-electron chi connectivity index (χ2n) is 7.54. The van der Waals surface area contributed by atoms with Crippen LogP contribution in [0, 0.1) is 0 Å². The fourth-order valence-electron chi connectivity index (χ4n) is 3.89. The van der Waals surface area contributed by atoms with Gasteiger partial charge in [0.2, 0.25) is 0 Å². The van der Waals surface area contributed by atoms with Gasteiger partial charge in [-0.3, -0.25) is 4.90 Å². The lowest BCUT2D eigenvalue weighted by Crippen LogP contribution is -2.28. The third-order valence-corrected chi connectivity index (χ3v) is 5.48. The minimum atomic E-state index is -0.479. The molecule has 162 valence electrons. The van der Waals surface area contributed by atoms with Crippen LogP contribution in [-0.4, -0.2) is 31.0 Å². The highest BCUT2D eigenvalue weighted by atomic mass is 16.6. The van der Waals surface area contributed by atoms with Crippen LogP contribution in [0.5, 0.6) is 5.75 Å². The molecule has 0 bridgehead atoms. The zero-order valence-electron chi connectivity index (χ0n) is 17.5. The van der Waals surface area contributed by atoms with Crippen LogP contribution in [0.2, 0.25) is 0 Å². The van der Waals surface area contributed by atoms with E-state index < -0.39 is 12.2 Å². The van der Waals surface area contributed by atoms with Crippen molar-refractivity contribution < 1.29 is 23.5 Å². The van der Waals surface area contributed by atoms with E-state index in [0.29, 0.717) is 35.7 Å². The molecule has 1 aliphatic rings. The van der Waals surface area contributed by atoms with Gasteiger partial charge in [-0.2, -0.15) is 0 Å². The highest BCUT2D eigenvalue weighted by molar-refractivity contribution is 5.99. The van der Waals surface area contributed by atoms with E-state index in [1.54, 1.807) is 13.2 Å². The second-order valence-corrected chi connectivity index (χ2v) is 7.54. The highest BCUT2D eigenvalue weighted by Crippen LogP contribution is 2.35. The van der Waals surface area contributed by atoms with Crippen molar-refractivity contribution in [2.75, 3.05) is 18.6 Å². The summed E-state index contributed by atoms with van der Waals surface area (Å²) in [5, 5.41) is 4.84. The standard InChI is InChI=1S/C25H22N2O5/c1-29-23(18-10-6-3-7-11-18)22-15-27(25(28)31-22)24-20-13-12-19(14-21(20)32-26-24)30-16-17-8-4-2-5-9-17/h2-14,22-23H,15-16H2,1H3. The average Bonchev–Trinajstić information content (AvgIpc) is 3.42. The molecule has 7 nitrogen and oxygen atoms in total. The van der Waals surface area contributed by atoms with Crippen molar-refractivity contribution in [1.29, 1.82) is 0 Å². The van der Waals surface area contributed by atoms with E-state index in [0.717, 1.165) is 11.1 Å². The number of fused-ring (bicyclic) bond motifs is 1. The first-order valence-electron chi connectivity index (χ1n) is 10.3. The number of hydrogen-bond acceptors (Lipinski definition) is 6. The summed E-state index contributed by atoms with van der Waals surface area (Å²) in [5.74, 6) is 1.08. The maximum absolute atomic E-state index is 12.6. The zero-order valence-corrected chi connectivity index (χ0v) is 17.5. The molecule has 0 aliphatic carbocycles. The van der Waals surface area contributed by atoms with E-state index in [1.807, 2.05) is 72.8 Å². The van der Waals surface area contributed by atoms with Crippen molar-refractivity contribution in [2.45, 2.75) is 18.8 Å². The summed E-state index contributed by atoms with van der Waals surface area (Å²) in [7, 11) is 1.61. The number of rotatable bonds is 7. The molecule has 0 saturated carbocycles. The molecule has 1 amide bonds. The molecule has 32 heavy (non-hydrogen) atoms. The number of aromatic nitrogens is 1. The van der Waals surface area contributed by atoms with Crippen molar-refractivity contribution in [1.82, 2.24) is 5.16 Å². The molecule has 3 aromatic carbocycles. The van der Waals surface area contributed by atoms with E-state index in [2.05, 4.69) is 5.16 Å². The number of hydrogen-bond donors (Lipinski definition) is 0. The van der Waals surface area contributed by atoms with Crippen molar-refractivity contribution in [3.63, 3.8) is 0 Å². The first-order valence-corrected chi connectivity index (χ1v) is 10.3. The molecule has 4 aromatic rings. The number of anilines is 1. The van der Waals surface area contributed by atoms with Gasteiger partial charge in [-0.05, 0) is 23.3 Å². The van der Waals surface area contributed by atoms with Gasteiger partial charge in [0.1, 0.15) is 18.5 Å². The van der Waals surface area contributed by atoms with Crippen LogP contribution in [0.4, 0.5) is 10.6 Å². The minimum Gasteiger partial charge on any atom is -0.489 e. The van der Waals surface area contributed by atoms with Crippen molar-refractivity contribution in [2.24, 2.45) is 0 Å². The molecule has 1 aromatic heterocycles. The largest absolute Gasteiger partial charge is 0.489 e. The van der Waals surface area contributed by atoms with E-state index >= 15 is 0 Å². The van der Waals surface area contributed by atoms with E-state index in [9.17, 15) is 4.79 Å². The lowest BCUT2D eigenvalue weighted by atomic mass is 10.0. The fraction of sp³-hybridized carbons (Fsp3) is 0.200. The summed E-state index contributed by atoms with van der Waals surface area (Å²) in [6, 6.07) is 25.1. The Hall–Kier alpha value is -3.84. The predicted molar refractivity (Wildman–Crippen MR) is 119 cm³/mol. The van der Waals surface area contributed by atoms with Gasteiger partial charge in [0, 0.05) is 13.2 Å². The SMILES string of the molecule is COC(c1ccccc1)C1CN(c2noc3cc(OCc4ccccc4)ccc23)C(=O)O1. The van der Waals surface area contributed by atoms with Crippen LogP contribution in [0.1, 0.15) is 17.2 Å². The molecule has 1 fully saturated rings. The number of nitrogens with zero attached hydrogens (tertiary/aromatic N) is 2. The third kappa shape index (κ3) is 3.90. The molecule has 0 N–H and O–H groups in total. The minimum absolute atomic E-state index is 0.306. The summed E-state index contributed by atoms with van der Waals surface area (Å²) < 4.78 is 22.6.